The van der Waals surface area contributed by atoms with Crippen LogP contribution in [0.25, 0.3) is 0 Å². The van der Waals surface area contributed by atoms with Crippen molar-refractivity contribution in [2.45, 2.75) is 42.7 Å². The molecular weight excluding hydrogens is 583 g/mol. The van der Waals surface area contributed by atoms with E-state index in [0.29, 0.717) is 18.7 Å². The van der Waals surface area contributed by atoms with Crippen molar-refractivity contribution < 1.29 is 49.4 Å². The maximum absolute atomic E-state index is 15.3. The summed E-state index contributed by atoms with van der Waals surface area (Å²) in [5.41, 5.74) is -2.41. The summed E-state index contributed by atoms with van der Waals surface area (Å²) in [4.78, 5) is 12.7. The van der Waals surface area contributed by atoms with Gasteiger partial charge in [-0.15, -0.1) is 0 Å². The molecule has 1 heterocycles. The van der Waals surface area contributed by atoms with Crippen molar-refractivity contribution in [1.82, 2.24) is 0 Å². The minimum atomic E-state index is -4.72. The lowest BCUT2D eigenvalue weighted by atomic mass is 9.70. The highest BCUT2D eigenvalue weighted by atomic mass is 32.2. The largest absolute Gasteiger partial charge is 0.490 e. The molecule has 1 aliphatic heterocycles. The molecule has 0 aromatic heterocycles. The maximum atomic E-state index is 15.3. The van der Waals surface area contributed by atoms with E-state index in [4.69, 9.17) is 14.2 Å². The second-order valence-electron chi connectivity index (χ2n) is 10.2. The Bertz CT molecular complexity index is 1510. The number of alkyl halides is 3. The zero-order chi connectivity index (χ0) is 30.7. The van der Waals surface area contributed by atoms with Crippen LogP contribution in [0.5, 0.6) is 5.75 Å². The summed E-state index contributed by atoms with van der Waals surface area (Å²) in [6.45, 7) is 1.42. The average Bonchev–Trinajstić information content (AvgIpc) is 2.97. The first-order valence-corrected chi connectivity index (χ1v) is 14.6. The predicted molar refractivity (Wildman–Crippen MR) is 142 cm³/mol. The van der Waals surface area contributed by atoms with Crippen LogP contribution < -0.4 is 4.74 Å². The summed E-state index contributed by atoms with van der Waals surface area (Å²) < 4.78 is 114. The molecule has 0 N–H and O–H groups in total. The van der Waals surface area contributed by atoms with E-state index >= 15 is 4.39 Å². The van der Waals surface area contributed by atoms with Crippen molar-refractivity contribution in [2.24, 2.45) is 11.3 Å². The Hall–Kier alpha value is -3.51. The second-order valence-corrected chi connectivity index (χ2v) is 12.3. The fourth-order valence-electron chi connectivity index (χ4n) is 5.27. The predicted octanol–water partition coefficient (Wildman–Crippen LogP) is 6.68. The minimum Gasteiger partial charge on any atom is -0.490 e. The van der Waals surface area contributed by atoms with Crippen LogP contribution in [0.4, 0.5) is 22.0 Å². The number of ether oxygens (including phenoxy) is 3. The molecule has 3 aromatic carbocycles. The molecule has 0 bridgehead atoms. The molecule has 42 heavy (non-hydrogen) atoms. The molecule has 226 valence electrons. The molecule has 0 radical (unpaired) electrons. The van der Waals surface area contributed by atoms with Crippen LogP contribution in [0.3, 0.4) is 0 Å². The van der Waals surface area contributed by atoms with Gasteiger partial charge in [-0.3, -0.25) is 4.79 Å². The molecule has 1 aliphatic rings. The summed E-state index contributed by atoms with van der Waals surface area (Å²) in [5, 5.41) is -1.89. The Balaban J connectivity index is 1.72. The Labute approximate surface area is 240 Å². The van der Waals surface area contributed by atoms with Crippen molar-refractivity contribution in [1.29, 1.82) is 0 Å². The third-order valence-electron chi connectivity index (χ3n) is 7.56. The lowest BCUT2D eigenvalue weighted by molar-refractivity contribution is -0.157. The number of hydrogen-bond donors (Lipinski definition) is 0. The Kier molecular flexibility index (Phi) is 9.27. The lowest BCUT2D eigenvalue weighted by Crippen LogP contribution is -2.47. The summed E-state index contributed by atoms with van der Waals surface area (Å²) in [6.07, 6.45) is -4.44. The smallest absolute Gasteiger partial charge is 0.416 e. The van der Waals surface area contributed by atoms with Gasteiger partial charge in [0.1, 0.15) is 11.1 Å². The molecule has 0 fully saturated rings. The number of halogens is 5. The highest BCUT2D eigenvalue weighted by Gasteiger charge is 2.54. The van der Waals surface area contributed by atoms with Crippen LogP contribution in [-0.2, 0) is 36.9 Å². The molecule has 3 unspecified atom stereocenters. The number of esters is 1. The fraction of sp³-hybridized carbons (Fsp3) is 0.367. The van der Waals surface area contributed by atoms with Gasteiger partial charge in [-0.2, -0.15) is 13.2 Å². The number of carbonyl (C=O) groups is 1. The third kappa shape index (κ3) is 6.29. The monoisotopic (exact) mass is 612 g/mol. The normalized spacial score (nSPS) is 18.5. The van der Waals surface area contributed by atoms with Gasteiger partial charge >= 0.3 is 12.1 Å². The molecule has 12 heteroatoms. The van der Waals surface area contributed by atoms with Crippen molar-refractivity contribution in [2.75, 3.05) is 20.3 Å². The van der Waals surface area contributed by atoms with Gasteiger partial charge in [0.25, 0.3) is 0 Å². The van der Waals surface area contributed by atoms with Gasteiger partial charge < -0.3 is 14.2 Å². The van der Waals surface area contributed by atoms with E-state index in [-0.39, 0.29) is 19.4 Å². The second kappa shape index (κ2) is 12.4. The van der Waals surface area contributed by atoms with E-state index in [0.717, 1.165) is 36.9 Å². The number of sulfone groups is 1. The quantitative estimate of drug-likeness (QED) is 0.144. The fourth-order valence-corrected chi connectivity index (χ4v) is 7.42. The van der Waals surface area contributed by atoms with Crippen molar-refractivity contribution in [3.63, 3.8) is 0 Å². The number of benzene rings is 3. The average molecular weight is 613 g/mol. The van der Waals surface area contributed by atoms with Gasteiger partial charge in [-0.25, -0.2) is 17.2 Å². The first kappa shape index (κ1) is 31.4. The molecule has 3 atom stereocenters. The van der Waals surface area contributed by atoms with E-state index in [1.54, 1.807) is 0 Å². The molecule has 0 amide bonds. The van der Waals surface area contributed by atoms with Gasteiger partial charge in [0.15, 0.2) is 21.4 Å². The van der Waals surface area contributed by atoms with Gasteiger partial charge in [-0.1, -0.05) is 30.3 Å². The molecule has 3 aromatic rings. The van der Waals surface area contributed by atoms with Crippen LogP contribution in [-0.4, -0.2) is 34.7 Å². The maximum Gasteiger partial charge on any atom is 0.416 e. The molecule has 4 rings (SSSR count). The van der Waals surface area contributed by atoms with E-state index in [1.165, 1.54) is 6.92 Å². The van der Waals surface area contributed by atoms with Crippen LogP contribution in [0.1, 0.15) is 41.7 Å². The van der Waals surface area contributed by atoms with Crippen LogP contribution in [0.15, 0.2) is 71.6 Å². The highest BCUT2D eigenvalue weighted by molar-refractivity contribution is 7.91. The van der Waals surface area contributed by atoms with E-state index in [9.17, 15) is 30.8 Å². The zero-order valence-electron chi connectivity index (χ0n) is 22.8. The first-order valence-electron chi connectivity index (χ1n) is 13.0. The summed E-state index contributed by atoms with van der Waals surface area (Å²) >= 11 is 0. The van der Waals surface area contributed by atoms with E-state index in [1.807, 2.05) is 30.3 Å². The van der Waals surface area contributed by atoms with E-state index in [2.05, 4.69) is 0 Å². The number of methoxy groups -OCH3 is 1. The van der Waals surface area contributed by atoms with Gasteiger partial charge in [0, 0.05) is 12.5 Å². The number of carbonyl (C=O) groups excluding carboxylic acids is 1. The molecular formula is C30H29F5O6S. The molecule has 6 nitrogen and oxygen atoms in total. The molecule has 0 saturated carbocycles. The third-order valence-corrected chi connectivity index (χ3v) is 9.73. The topological polar surface area (TPSA) is 78.9 Å². The standard InChI is InChI=1S/C30H29F5O6S/c1-29(28(36)39-2,15-6-16-40-17-19-7-4-3-5-8-19)22-18-41-26-24(32)14-13-23(31)25(26)27(22)42(37,38)21-11-9-20(10-12-21)30(33,34)35/h3-5,7-14,22,27H,6,15-18H2,1-2H3. The molecule has 0 aliphatic carbocycles. The van der Waals surface area contributed by atoms with Crippen molar-refractivity contribution in [3.8, 4) is 5.75 Å². The van der Waals surface area contributed by atoms with E-state index < -0.39 is 78.6 Å². The molecule has 0 saturated heterocycles. The highest BCUT2D eigenvalue weighted by Crippen LogP contribution is 2.53. The lowest BCUT2D eigenvalue weighted by Gasteiger charge is -2.42. The first-order chi connectivity index (χ1) is 19.8. The molecule has 0 spiro atoms. The summed E-state index contributed by atoms with van der Waals surface area (Å²) in [7, 11) is -3.60. The van der Waals surface area contributed by atoms with Crippen molar-refractivity contribution >= 4 is 15.8 Å². The van der Waals surface area contributed by atoms with Gasteiger partial charge in [-0.05, 0) is 61.7 Å². The Morgan fingerprint density at radius 1 is 0.976 bits per heavy atom. The summed E-state index contributed by atoms with van der Waals surface area (Å²) in [5.74, 6) is -4.88. The van der Waals surface area contributed by atoms with Crippen molar-refractivity contribution in [3.05, 3.63) is 95.1 Å². The minimum absolute atomic E-state index is 0.0216. The SMILES string of the molecule is COC(=O)C(C)(CCCOCc1ccccc1)C1COc2c(F)ccc(F)c2C1S(=O)(=O)c1ccc(C(F)(F)F)cc1. The van der Waals surface area contributed by atoms with Gasteiger partial charge in [0.05, 0.1) is 41.8 Å². The number of rotatable bonds is 10. The van der Waals surface area contributed by atoms with Crippen LogP contribution in [0, 0.1) is 23.0 Å². The number of hydrogen-bond acceptors (Lipinski definition) is 6. The van der Waals surface area contributed by atoms with Gasteiger partial charge in [0.2, 0.25) is 0 Å². The zero-order valence-corrected chi connectivity index (χ0v) is 23.6. The van der Waals surface area contributed by atoms with Crippen LogP contribution >= 0.6 is 0 Å². The summed E-state index contributed by atoms with van der Waals surface area (Å²) in [6, 6.07) is 13.5. The Morgan fingerprint density at radius 2 is 1.62 bits per heavy atom. The number of fused-ring (bicyclic) bond motifs is 1. The van der Waals surface area contributed by atoms with Crippen LogP contribution in [0.2, 0.25) is 0 Å². The Morgan fingerprint density at radius 3 is 2.24 bits per heavy atom.